The van der Waals surface area contributed by atoms with Crippen molar-refractivity contribution < 1.29 is 18.3 Å². The third kappa shape index (κ3) is 4.76. The summed E-state index contributed by atoms with van der Waals surface area (Å²) in [6.07, 6.45) is 0.799. The van der Waals surface area contributed by atoms with E-state index < -0.39 is 5.82 Å². The lowest BCUT2D eigenvalue weighted by Gasteiger charge is -2.15. The van der Waals surface area contributed by atoms with E-state index in [0.717, 1.165) is 17.1 Å². The van der Waals surface area contributed by atoms with Crippen LogP contribution in [0.5, 0.6) is 5.75 Å². The summed E-state index contributed by atoms with van der Waals surface area (Å²) in [7, 11) is 1.42. The first-order valence-corrected chi connectivity index (χ1v) is 8.83. The summed E-state index contributed by atoms with van der Waals surface area (Å²) in [5.74, 6) is 1.17. The summed E-state index contributed by atoms with van der Waals surface area (Å²) in [5.41, 5.74) is 1.69. The fourth-order valence-electron chi connectivity index (χ4n) is 2.86. The van der Waals surface area contributed by atoms with Gasteiger partial charge in [0.15, 0.2) is 11.6 Å². The Morgan fingerprint density at radius 2 is 1.93 bits per heavy atom. The molecule has 0 aliphatic heterocycles. The standard InChI is InChI=1S/C22H22FNO3/c1-15(17-8-11-21(26-2)19(23)14-17)24-22(25)13-10-18-9-12-20(27-18)16-6-4-3-5-7-16/h3-9,11-12,14-15H,10,13H2,1-2H3,(H,24,25). The molecule has 1 N–H and O–H groups in total. The molecule has 27 heavy (non-hydrogen) atoms. The average molecular weight is 367 g/mol. The van der Waals surface area contributed by atoms with Crippen LogP contribution in [0.25, 0.3) is 11.3 Å². The molecule has 1 amide bonds. The van der Waals surface area contributed by atoms with Crippen molar-refractivity contribution in [1.82, 2.24) is 5.32 Å². The molecule has 0 bridgehead atoms. The van der Waals surface area contributed by atoms with Crippen LogP contribution in [-0.4, -0.2) is 13.0 Å². The summed E-state index contributed by atoms with van der Waals surface area (Å²) in [4.78, 5) is 12.2. The van der Waals surface area contributed by atoms with Gasteiger partial charge in [0.05, 0.1) is 13.2 Å². The van der Waals surface area contributed by atoms with Gasteiger partial charge in [0.2, 0.25) is 5.91 Å². The molecule has 2 aromatic carbocycles. The molecule has 0 aliphatic rings. The second-order valence-electron chi connectivity index (χ2n) is 6.32. The Balaban J connectivity index is 1.54. The lowest BCUT2D eigenvalue weighted by molar-refractivity contribution is -0.121. The number of furan rings is 1. The lowest BCUT2D eigenvalue weighted by atomic mass is 10.1. The van der Waals surface area contributed by atoms with Crippen LogP contribution in [0, 0.1) is 5.82 Å². The molecule has 4 nitrogen and oxygen atoms in total. The molecule has 3 aromatic rings. The molecule has 0 saturated heterocycles. The molecule has 0 saturated carbocycles. The maximum Gasteiger partial charge on any atom is 0.220 e. The zero-order valence-electron chi connectivity index (χ0n) is 15.4. The second-order valence-corrected chi connectivity index (χ2v) is 6.32. The molecular weight excluding hydrogens is 345 g/mol. The van der Waals surface area contributed by atoms with Crippen LogP contribution in [-0.2, 0) is 11.2 Å². The van der Waals surface area contributed by atoms with Gasteiger partial charge in [-0.2, -0.15) is 0 Å². The molecule has 0 radical (unpaired) electrons. The Bertz CT molecular complexity index is 905. The van der Waals surface area contributed by atoms with E-state index in [4.69, 9.17) is 9.15 Å². The molecule has 0 aliphatic carbocycles. The Hall–Kier alpha value is -3.08. The molecule has 3 rings (SSSR count). The van der Waals surface area contributed by atoms with Gasteiger partial charge in [-0.3, -0.25) is 4.79 Å². The lowest BCUT2D eigenvalue weighted by Crippen LogP contribution is -2.26. The molecule has 1 heterocycles. The van der Waals surface area contributed by atoms with Crippen molar-refractivity contribution in [2.24, 2.45) is 0 Å². The van der Waals surface area contributed by atoms with E-state index in [1.165, 1.54) is 13.2 Å². The number of benzene rings is 2. The van der Waals surface area contributed by atoms with E-state index >= 15 is 0 Å². The summed E-state index contributed by atoms with van der Waals surface area (Å²) in [6, 6.07) is 18.0. The van der Waals surface area contributed by atoms with Gasteiger partial charge < -0.3 is 14.5 Å². The van der Waals surface area contributed by atoms with Gasteiger partial charge in [-0.25, -0.2) is 4.39 Å². The predicted octanol–water partition coefficient (Wildman–Crippen LogP) is 4.90. The Morgan fingerprint density at radius 3 is 2.63 bits per heavy atom. The summed E-state index contributed by atoms with van der Waals surface area (Å²) in [6.45, 7) is 1.82. The third-order valence-electron chi connectivity index (χ3n) is 4.37. The van der Waals surface area contributed by atoms with E-state index in [1.54, 1.807) is 12.1 Å². The minimum atomic E-state index is -0.444. The molecule has 1 aromatic heterocycles. The number of hydrogen-bond acceptors (Lipinski definition) is 3. The molecule has 1 unspecified atom stereocenters. The van der Waals surface area contributed by atoms with Crippen molar-refractivity contribution in [3.05, 3.63) is 77.8 Å². The largest absolute Gasteiger partial charge is 0.494 e. The quantitative estimate of drug-likeness (QED) is 0.646. The number of rotatable bonds is 7. The van der Waals surface area contributed by atoms with E-state index in [1.807, 2.05) is 49.4 Å². The molecule has 5 heteroatoms. The number of nitrogens with one attached hydrogen (secondary N) is 1. The number of amides is 1. The van der Waals surface area contributed by atoms with Gasteiger partial charge in [-0.05, 0) is 36.8 Å². The summed E-state index contributed by atoms with van der Waals surface area (Å²) in [5, 5.41) is 2.88. The van der Waals surface area contributed by atoms with Crippen LogP contribution in [0.1, 0.15) is 30.7 Å². The summed E-state index contributed by atoms with van der Waals surface area (Å²) >= 11 is 0. The second kappa shape index (κ2) is 8.54. The van der Waals surface area contributed by atoms with Crippen LogP contribution in [0.3, 0.4) is 0 Å². The highest BCUT2D eigenvalue weighted by molar-refractivity contribution is 5.76. The molecule has 1 atom stereocenters. The molecule has 140 valence electrons. The Morgan fingerprint density at radius 1 is 1.15 bits per heavy atom. The topological polar surface area (TPSA) is 51.5 Å². The highest BCUT2D eigenvalue weighted by Gasteiger charge is 2.13. The van der Waals surface area contributed by atoms with Crippen molar-refractivity contribution in [2.45, 2.75) is 25.8 Å². The maximum atomic E-state index is 13.8. The van der Waals surface area contributed by atoms with Gasteiger partial charge >= 0.3 is 0 Å². The molecular formula is C22H22FNO3. The monoisotopic (exact) mass is 367 g/mol. The average Bonchev–Trinajstić information content (AvgIpc) is 3.16. The molecule has 0 spiro atoms. The number of carbonyl (C=O) groups excluding carboxylic acids is 1. The molecule has 0 fully saturated rings. The highest BCUT2D eigenvalue weighted by Crippen LogP contribution is 2.23. The van der Waals surface area contributed by atoms with Gasteiger partial charge in [0, 0.05) is 18.4 Å². The zero-order chi connectivity index (χ0) is 19.2. The minimum absolute atomic E-state index is 0.114. The number of halogens is 1. The fourth-order valence-corrected chi connectivity index (χ4v) is 2.86. The number of ether oxygens (including phenoxy) is 1. The smallest absolute Gasteiger partial charge is 0.220 e. The first-order valence-electron chi connectivity index (χ1n) is 8.83. The van der Waals surface area contributed by atoms with Crippen molar-refractivity contribution in [2.75, 3.05) is 7.11 Å². The highest BCUT2D eigenvalue weighted by atomic mass is 19.1. The van der Waals surface area contributed by atoms with Crippen molar-refractivity contribution in [1.29, 1.82) is 0 Å². The SMILES string of the molecule is COc1ccc(C(C)NC(=O)CCc2ccc(-c3ccccc3)o2)cc1F. The predicted molar refractivity (Wildman–Crippen MR) is 102 cm³/mol. The number of hydrogen-bond donors (Lipinski definition) is 1. The van der Waals surface area contributed by atoms with Crippen molar-refractivity contribution >= 4 is 5.91 Å². The van der Waals surface area contributed by atoms with E-state index in [0.29, 0.717) is 18.4 Å². The van der Waals surface area contributed by atoms with Crippen LogP contribution < -0.4 is 10.1 Å². The van der Waals surface area contributed by atoms with Crippen LogP contribution in [0.2, 0.25) is 0 Å². The Labute approximate surface area is 158 Å². The van der Waals surface area contributed by atoms with Crippen molar-refractivity contribution in [3.8, 4) is 17.1 Å². The zero-order valence-corrected chi connectivity index (χ0v) is 15.4. The van der Waals surface area contributed by atoms with Gasteiger partial charge in [-0.15, -0.1) is 0 Å². The van der Waals surface area contributed by atoms with Crippen LogP contribution in [0.4, 0.5) is 4.39 Å². The number of aryl methyl sites for hydroxylation is 1. The first-order chi connectivity index (χ1) is 13.1. The van der Waals surface area contributed by atoms with Crippen LogP contribution in [0.15, 0.2) is 65.1 Å². The Kier molecular flexibility index (Phi) is 5.91. The van der Waals surface area contributed by atoms with Crippen molar-refractivity contribution in [3.63, 3.8) is 0 Å². The van der Waals surface area contributed by atoms with Gasteiger partial charge in [0.25, 0.3) is 0 Å². The van der Waals surface area contributed by atoms with Gasteiger partial charge in [-0.1, -0.05) is 36.4 Å². The van der Waals surface area contributed by atoms with E-state index in [9.17, 15) is 9.18 Å². The fraction of sp³-hybridized carbons (Fsp3) is 0.227. The number of carbonyl (C=O) groups is 1. The minimum Gasteiger partial charge on any atom is -0.494 e. The normalized spacial score (nSPS) is 11.8. The first kappa shape index (κ1) is 18.7. The summed E-state index contributed by atoms with van der Waals surface area (Å²) < 4.78 is 24.5. The van der Waals surface area contributed by atoms with E-state index in [-0.39, 0.29) is 17.7 Å². The number of methoxy groups -OCH3 is 1. The van der Waals surface area contributed by atoms with Gasteiger partial charge in [0.1, 0.15) is 11.5 Å². The third-order valence-corrected chi connectivity index (χ3v) is 4.37. The van der Waals surface area contributed by atoms with Crippen LogP contribution >= 0.6 is 0 Å². The maximum absolute atomic E-state index is 13.8. The van der Waals surface area contributed by atoms with E-state index in [2.05, 4.69) is 5.32 Å².